The van der Waals surface area contributed by atoms with Crippen molar-refractivity contribution < 1.29 is 0 Å². The lowest BCUT2D eigenvalue weighted by atomic mass is 9.88. The van der Waals surface area contributed by atoms with Gasteiger partial charge in [-0.05, 0) is 38.8 Å². The summed E-state index contributed by atoms with van der Waals surface area (Å²) in [6.07, 6.45) is 7.05. The van der Waals surface area contributed by atoms with Crippen molar-refractivity contribution in [2.75, 3.05) is 39.8 Å². The van der Waals surface area contributed by atoms with E-state index in [2.05, 4.69) is 29.1 Å². The molecule has 0 aromatic rings. The Morgan fingerprint density at radius 2 is 1.94 bits per heavy atom. The summed E-state index contributed by atoms with van der Waals surface area (Å²) < 4.78 is 0. The van der Waals surface area contributed by atoms with E-state index in [9.17, 15) is 0 Å². The number of piperazine rings is 1. The van der Waals surface area contributed by atoms with Crippen LogP contribution < -0.4 is 5.32 Å². The maximum atomic E-state index is 3.84. The first-order chi connectivity index (χ1) is 8.69. The SMILES string of the molecule is CC1CN(C)CCC1N1CCNC2(CCCC2)C1. The third kappa shape index (κ3) is 2.45. The van der Waals surface area contributed by atoms with Gasteiger partial charge in [-0.3, -0.25) is 4.90 Å². The van der Waals surface area contributed by atoms with Crippen molar-refractivity contribution in [2.24, 2.45) is 5.92 Å². The molecule has 1 saturated carbocycles. The van der Waals surface area contributed by atoms with Gasteiger partial charge in [0.25, 0.3) is 0 Å². The van der Waals surface area contributed by atoms with Crippen molar-refractivity contribution in [1.29, 1.82) is 0 Å². The summed E-state index contributed by atoms with van der Waals surface area (Å²) in [6.45, 7) is 8.79. The highest BCUT2D eigenvalue weighted by Crippen LogP contribution is 2.34. The molecule has 3 nitrogen and oxygen atoms in total. The molecule has 1 aliphatic carbocycles. The van der Waals surface area contributed by atoms with E-state index in [-0.39, 0.29) is 0 Å². The fourth-order valence-corrected chi connectivity index (χ4v) is 4.54. The number of piperidine rings is 1. The average molecular weight is 251 g/mol. The first-order valence-electron chi connectivity index (χ1n) is 7.86. The summed E-state index contributed by atoms with van der Waals surface area (Å²) in [5.74, 6) is 0.834. The van der Waals surface area contributed by atoms with Crippen molar-refractivity contribution in [3.8, 4) is 0 Å². The molecule has 0 radical (unpaired) electrons. The van der Waals surface area contributed by atoms with Gasteiger partial charge in [-0.25, -0.2) is 0 Å². The number of hydrogen-bond acceptors (Lipinski definition) is 3. The smallest absolute Gasteiger partial charge is 0.0309 e. The standard InChI is InChI=1S/C15H29N3/c1-13-11-17(2)9-5-14(13)18-10-8-16-15(12-18)6-3-4-7-15/h13-14,16H,3-12H2,1-2H3. The van der Waals surface area contributed by atoms with E-state index >= 15 is 0 Å². The number of nitrogens with one attached hydrogen (secondary N) is 1. The Hall–Kier alpha value is -0.120. The van der Waals surface area contributed by atoms with Gasteiger partial charge in [-0.15, -0.1) is 0 Å². The van der Waals surface area contributed by atoms with Crippen LogP contribution in [0.25, 0.3) is 0 Å². The van der Waals surface area contributed by atoms with Gasteiger partial charge in [-0.1, -0.05) is 19.8 Å². The zero-order chi connectivity index (χ0) is 12.6. The Balaban J connectivity index is 1.65. The molecule has 1 N–H and O–H groups in total. The van der Waals surface area contributed by atoms with Crippen LogP contribution in [0.1, 0.15) is 39.0 Å². The fraction of sp³-hybridized carbons (Fsp3) is 1.00. The van der Waals surface area contributed by atoms with Gasteiger partial charge < -0.3 is 10.2 Å². The van der Waals surface area contributed by atoms with E-state index in [1.54, 1.807) is 0 Å². The second kappa shape index (κ2) is 5.10. The maximum Gasteiger partial charge on any atom is 0.0309 e. The minimum Gasteiger partial charge on any atom is -0.309 e. The molecule has 104 valence electrons. The molecule has 2 atom stereocenters. The highest BCUT2D eigenvalue weighted by Gasteiger charge is 2.41. The van der Waals surface area contributed by atoms with Crippen LogP contribution in [0.5, 0.6) is 0 Å². The molecule has 18 heavy (non-hydrogen) atoms. The molecule has 0 amide bonds. The van der Waals surface area contributed by atoms with E-state index in [1.807, 2.05) is 0 Å². The van der Waals surface area contributed by atoms with Gasteiger partial charge in [0.15, 0.2) is 0 Å². The van der Waals surface area contributed by atoms with Gasteiger partial charge in [-0.2, -0.15) is 0 Å². The molecule has 3 fully saturated rings. The monoisotopic (exact) mass is 251 g/mol. The number of nitrogens with zero attached hydrogens (tertiary/aromatic N) is 2. The second-order valence-electron chi connectivity index (χ2n) is 6.98. The summed E-state index contributed by atoms with van der Waals surface area (Å²) in [6, 6.07) is 0.834. The molecule has 0 aromatic carbocycles. The Morgan fingerprint density at radius 3 is 2.67 bits per heavy atom. The van der Waals surface area contributed by atoms with Gasteiger partial charge in [0.2, 0.25) is 0 Å². The number of likely N-dealkylation sites (tertiary alicyclic amines) is 1. The number of hydrogen-bond donors (Lipinski definition) is 1. The van der Waals surface area contributed by atoms with Crippen molar-refractivity contribution in [1.82, 2.24) is 15.1 Å². The predicted molar refractivity (Wildman–Crippen MR) is 75.8 cm³/mol. The maximum absolute atomic E-state index is 3.84. The summed E-state index contributed by atoms with van der Waals surface area (Å²) >= 11 is 0. The molecular weight excluding hydrogens is 222 g/mol. The van der Waals surface area contributed by atoms with Crippen LogP contribution in [0.4, 0.5) is 0 Å². The molecular formula is C15H29N3. The molecule has 0 bridgehead atoms. The van der Waals surface area contributed by atoms with Crippen LogP contribution in [0.15, 0.2) is 0 Å². The van der Waals surface area contributed by atoms with Crippen LogP contribution in [-0.2, 0) is 0 Å². The van der Waals surface area contributed by atoms with E-state index in [1.165, 1.54) is 64.8 Å². The Bertz CT molecular complexity index is 285. The molecule has 3 aliphatic rings. The van der Waals surface area contributed by atoms with Crippen LogP contribution in [-0.4, -0.2) is 61.2 Å². The summed E-state index contributed by atoms with van der Waals surface area (Å²) in [5.41, 5.74) is 0.487. The topological polar surface area (TPSA) is 18.5 Å². The summed E-state index contributed by atoms with van der Waals surface area (Å²) in [4.78, 5) is 5.31. The molecule has 1 spiro atoms. The highest BCUT2D eigenvalue weighted by atomic mass is 15.3. The van der Waals surface area contributed by atoms with Crippen molar-refractivity contribution >= 4 is 0 Å². The zero-order valence-electron chi connectivity index (χ0n) is 12.1. The largest absolute Gasteiger partial charge is 0.309 e. The second-order valence-corrected chi connectivity index (χ2v) is 6.98. The third-order valence-corrected chi connectivity index (χ3v) is 5.50. The van der Waals surface area contributed by atoms with Crippen LogP contribution in [0, 0.1) is 5.92 Å². The highest BCUT2D eigenvalue weighted by molar-refractivity contribution is 5.00. The van der Waals surface area contributed by atoms with Crippen molar-refractivity contribution in [3.05, 3.63) is 0 Å². The predicted octanol–water partition coefficient (Wildman–Crippen LogP) is 1.54. The van der Waals surface area contributed by atoms with Gasteiger partial charge >= 0.3 is 0 Å². The molecule has 0 aromatic heterocycles. The Kier molecular flexibility index (Phi) is 3.65. The zero-order valence-corrected chi connectivity index (χ0v) is 12.1. The van der Waals surface area contributed by atoms with Crippen LogP contribution in [0.2, 0.25) is 0 Å². The summed E-state index contributed by atoms with van der Waals surface area (Å²) in [5, 5.41) is 3.84. The van der Waals surface area contributed by atoms with Crippen molar-refractivity contribution in [3.63, 3.8) is 0 Å². The molecule has 2 aliphatic heterocycles. The minimum absolute atomic E-state index is 0.487. The van der Waals surface area contributed by atoms with E-state index < -0.39 is 0 Å². The van der Waals surface area contributed by atoms with Gasteiger partial charge in [0.05, 0.1) is 0 Å². The quantitative estimate of drug-likeness (QED) is 0.763. The normalized spacial score (nSPS) is 38.3. The average Bonchev–Trinajstić information content (AvgIpc) is 2.77. The summed E-state index contributed by atoms with van der Waals surface area (Å²) in [7, 11) is 2.27. The van der Waals surface area contributed by atoms with E-state index in [4.69, 9.17) is 0 Å². The molecule has 2 unspecified atom stereocenters. The van der Waals surface area contributed by atoms with Gasteiger partial charge in [0.1, 0.15) is 0 Å². The van der Waals surface area contributed by atoms with E-state index in [0.717, 1.165) is 12.0 Å². The first-order valence-corrected chi connectivity index (χ1v) is 7.86. The van der Waals surface area contributed by atoms with Crippen molar-refractivity contribution in [2.45, 2.75) is 50.6 Å². The molecule has 2 heterocycles. The first kappa shape index (κ1) is 12.9. The Labute approximate surface area is 112 Å². The number of rotatable bonds is 1. The molecule has 3 heteroatoms. The molecule has 3 rings (SSSR count). The lowest BCUT2D eigenvalue weighted by Gasteiger charge is -2.48. The Morgan fingerprint density at radius 1 is 1.17 bits per heavy atom. The van der Waals surface area contributed by atoms with Crippen LogP contribution >= 0.6 is 0 Å². The molecule has 2 saturated heterocycles. The van der Waals surface area contributed by atoms with Gasteiger partial charge in [0, 0.05) is 37.8 Å². The third-order valence-electron chi connectivity index (χ3n) is 5.50. The minimum atomic E-state index is 0.487. The lowest BCUT2D eigenvalue weighted by Crippen LogP contribution is -2.63. The van der Waals surface area contributed by atoms with E-state index in [0.29, 0.717) is 5.54 Å². The fourth-order valence-electron chi connectivity index (χ4n) is 4.54. The lowest BCUT2D eigenvalue weighted by molar-refractivity contribution is 0.0313. The van der Waals surface area contributed by atoms with Crippen LogP contribution in [0.3, 0.4) is 0 Å².